The third-order valence-electron chi connectivity index (χ3n) is 2.82. The molecular weight excluding hydrogens is 258 g/mol. The van der Waals surface area contributed by atoms with E-state index < -0.39 is 0 Å². The van der Waals surface area contributed by atoms with Gasteiger partial charge in [0.15, 0.2) is 11.5 Å². The molecule has 20 heavy (non-hydrogen) atoms. The third-order valence-corrected chi connectivity index (χ3v) is 2.82. The standard InChI is InChI=1S/C15H23NO4/c1-4-20-14-10-12(7-8-13(14)18-2)11-16-9-5-6-15(17)19-3/h7-8,10,16H,4-6,9,11H2,1-3H3. The van der Waals surface area contributed by atoms with E-state index in [1.54, 1.807) is 7.11 Å². The highest BCUT2D eigenvalue weighted by molar-refractivity contribution is 5.69. The van der Waals surface area contributed by atoms with E-state index in [1.807, 2.05) is 25.1 Å². The van der Waals surface area contributed by atoms with E-state index in [-0.39, 0.29) is 5.97 Å². The Morgan fingerprint density at radius 3 is 2.70 bits per heavy atom. The zero-order chi connectivity index (χ0) is 14.8. The van der Waals surface area contributed by atoms with E-state index in [0.717, 1.165) is 36.6 Å². The maximum atomic E-state index is 11.0. The highest BCUT2D eigenvalue weighted by atomic mass is 16.5. The molecule has 0 aromatic heterocycles. The lowest BCUT2D eigenvalue weighted by Gasteiger charge is -2.11. The van der Waals surface area contributed by atoms with Crippen molar-refractivity contribution in [3.63, 3.8) is 0 Å². The van der Waals surface area contributed by atoms with Crippen LogP contribution in [0.4, 0.5) is 0 Å². The van der Waals surface area contributed by atoms with E-state index in [1.165, 1.54) is 7.11 Å². The molecule has 0 aliphatic rings. The summed E-state index contributed by atoms with van der Waals surface area (Å²) in [6.07, 6.45) is 1.21. The quantitative estimate of drug-likeness (QED) is 0.555. The maximum Gasteiger partial charge on any atom is 0.305 e. The Bertz CT molecular complexity index is 420. The number of carbonyl (C=O) groups is 1. The Balaban J connectivity index is 2.40. The first kappa shape index (κ1) is 16.3. The van der Waals surface area contributed by atoms with Crippen molar-refractivity contribution in [1.82, 2.24) is 5.32 Å². The van der Waals surface area contributed by atoms with Crippen molar-refractivity contribution in [2.24, 2.45) is 0 Å². The topological polar surface area (TPSA) is 56.8 Å². The van der Waals surface area contributed by atoms with Crippen LogP contribution in [-0.4, -0.2) is 33.3 Å². The molecule has 0 atom stereocenters. The fourth-order valence-electron chi connectivity index (χ4n) is 1.79. The first-order valence-corrected chi connectivity index (χ1v) is 6.78. The van der Waals surface area contributed by atoms with Crippen LogP contribution in [-0.2, 0) is 16.1 Å². The summed E-state index contributed by atoms with van der Waals surface area (Å²) in [6, 6.07) is 5.86. The second-order valence-electron chi connectivity index (χ2n) is 4.27. The first-order valence-electron chi connectivity index (χ1n) is 6.78. The van der Waals surface area contributed by atoms with Gasteiger partial charge in [-0.15, -0.1) is 0 Å². The summed E-state index contributed by atoms with van der Waals surface area (Å²) in [7, 11) is 3.03. The number of hydrogen-bond donors (Lipinski definition) is 1. The molecule has 0 spiro atoms. The summed E-state index contributed by atoms with van der Waals surface area (Å²) in [5, 5.41) is 3.28. The summed E-state index contributed by atoms with van der Waals surface area (Å²) in [6.45, 7) is 4.04. The normalized spacial score (nSPS) is 10.2. The lowest BCUT2D eigenvalue weighted by Crippen LogP contribution is -2.16. The molecule has 0 saturated heterocycles. The van der Waals surface area contributed by atoms with Gasteiger partial charge in [-0.2, -0.15) is 0 Å². The van der Waals surface area contributed by atoms with Crippen LogP contribution in [0.2, 0.25) is 0 Å². The van der Waals surface area contributed by atoms with Crippen molar-refractivity contribution in [2.45, 2.75) is 26.3 Å². The van der Waals surface area contributed by atoms with Crippen LogP contribution in [0.25, 0.3) is 0 Å². The molecule has 0 unspecified atom stereocenters. The van der Waals surface area contributed by atoms with E-state index in [2.05, 4.69) is 10.1 Å². The molecule has 0 fully saturated rings. The highest BCUT2D eigenvalue weighted by Gasteiger charge is 2.05. The van der Waals surface area contributed by atoms with Crippen LogP contribution in [0.1, 0.15) is 25.3 Å². The summed E-state index contributed by atoms with van der Waals surface area (Å²) >= 11 is 0. The van der Waals surface area contributed by atoms with E-state index >= 15 is 0 Å². The number of hydrogen-bond acceptors (Lipinski definition) is 5. The largest absolute Gasteiger partial charge is 0.493 e. The fraction of sp³-hybridized carbons (Fsp3) is 0.533. The average Bonchev–Trinajstić information content (AvgIpc) is 2.47. The van der Waals surface area contributed by atoms with Crippen LogP contribution in [0.15, 0.2) is 18.2 Å². The van der Waals surface area contributed by atoms with Gasteiger partial charge in [-0.3, -0.25) is 4.79 Å². The van der Waals surface area contributed by atoms with Crippen LogP contribution < -0.4 is 14.8 Å². The fourth-order valence-corrected chi connectivity index (χ4v) is 1.79. The molecule has 5 heteroatoms. The molecule has 0 aliphatic carbocycles. The lowest BCUT2D eigenvalue weighted by atomic mass is 10.2. The maximum absolute atomic E-state index is 11.0. The highest BCUT2D eigenvalue weighted by Crippen LogP contribution is 2.27. The van der Waals surface area contributed by atoms with Crippen molar-refractivity contribution in [2.75, 3.05) is 27.4 Å². The molecule has 1 rings (SSSR count). The third kappa shape index (κ3) is 5.48. The van der Waals surface area contributed by atoms with Gasteiger partial charge in [0.1, 0.15) is 0 Å². The van der Waals surface area contributed by atoms with Crippen molar-refractivity contribution >= 4 is 5.97 Å². The zero-order valence-electron chi connectivity index (χ0n) is 12.4. The van der Waals surface area contributed by atoms with Crippen LogP contribution in [0, 0.1) is 0 Å². The molecule has 0 radical (unpaired) electrons. The van der Waals surface area contributed by atoms with E-state index in [9.17, 15) is 4.79 Å². The molecule has 112 valence electrons. The van der Waals surface area contributed by atoms with Crippen molar-refractivity contribution in [3.05, 3.63) is 23.8 Å². The van der Waals surface area contributed by atoms with Gasteiger partial charge in [0.2, 0.25) is 0 Å². The molecule has 5 nitrogen and oxygen atoms in total. The number of rotatable bonds is 9. The Morgan fingerprint density at radius 1 is 1.25 bits per heavy atom. The van der Waals surface area contributed by atoms with Crippen LogP contribution in [0.3, 0.4) is 0 Å². The molecule has 0 bridgehead atoms. The number of nitrogens with one attached hydrogen (secondary N) is 1. The summed E-state index contributed by atoms with van der Waals surface area (Å²) in [5.41, 5.74) is 1.12. The number of methoxy groups -OCH3 is 2. The Labute approximate surface area is 120 Å². The van der Waals surface area contributed by atoms with E-state index in [4.69, 9.17) is 9.47 Å². The second kappa shape index (κ2) is 9.20. The Hall–Kier alpha value is -1.75. The Kier molecular flexibility index (Phi) is 7.50. The number of ether oxygens (including phenoxy) is 3. The minimum absolute atomic E-state index is 0.171. The lowest BCUT2D eigenvalue weighted by molar-refractivity contribution is -0.140. The van der Waals surface area contributed by atoms with Gasteiger partial charge in [-0.25, -0.2) is 0 Å². The number of benzene rings is 1. The molecule has 0 amide bonds. The Morgan fingerprint density at radius 2 is 2.05 bits per heavy atom. The van der Waals surface area contributed by atoms with Gasteiger partial charge in [0, 0.05) is 13.0 Å². The first-order chi connectivity index (χ1) is 9.71. The summed E-state index contributed by atoms with van der Waals surface area (Å²) in [5.74, 6) is 1.32. The zero-order valence-corrected chi connectivity index (χ0v) is 12.4. The van der Waals surface area contributed by atoms with Gasteiger partial charge in [0.25, 0.3) is 0 Å². The molecule has 0 heterocycles. The monoisotopic (exact) mass is 281 g/mol. The van der Waals surface area contributed by atoms with Gasteiger partial charge >= 0.3 is 5.97 Å². The second-order valence-corrected chi connectivity index (χ2v) is 4.27. The van der Waals surface area contributed by atoms with Gasteiger partial charge in [-0.05, 0) is 37.6 Å². The van der Waals surface area contributed by atoms with Crippen molar-refractivity contribution in [3.8, 4) is 11.5 Å². The van der Waals surface area contributed by atoms with Crippen LogP contribution in [0.5, 0.6) is 11.5 Å². The smallest absolute Gasteiger partial charge is 0.305 e. The van der Waals surface area contributed by atoms with Gasteiger partial charge < -0.3 is 19.5 Å². The summed E-state index contributed by atoms with van der Waals surface area (Å²) in [4.78, 5) is 11.0. The minimum Gasteiger partial charge on any atom is -0.493 e. The molecule has 0 aliphatic heterocycles. The van der Waals surface area contributed by atoms with Gasteiger partial charge in [0.05, 0.1) is 20.8 Å². The molecule has 1 aromatic rings. The molecular formula is C15H23NO4. The summed E-state index contributed by atoms with van der Waals surface area (Å²) < 4.78 is 15.4. The SMILES string of the molecule is CCOc1cc(CNCCCC(=O)OC)ccc1OC. The predicted octanol–water partition coefficient (Wildman–Crippen LogP) is 2.14. The van der Waals surface area contributed by atoms with Crippen molar-refractivity contribution < 1.29 is 19.0 Å². The average molecular weight is 281 g/mol. The molecule has 0 saturated carbocycles. The minimum atomic E-state index is -0.171. The van der Waals surface area contributed by atoms with Crippen molar-refractivity contribution in [1.29, 1.82) is 0 Å². The number of carbonyl (C=O) groups excluding carboxylic acids is 1. The van der Waals surface area contributed by atoms with Crippen LogP contribution >= 0.6 is 0 Å². The molecule has 1 N–H and O–H groups in total. The predicted molar refractivity (Wildman–Crippen MR) is 77.1 cm³/mol. The number of esters is 1. The molecule has 1 aromatic carbocycles. The van der Waals surface area contributed by atoms with Gasteiger partial charge in [-0.1, -0.05) is 6.07 Å². The van der Waals surface area contributed by atoms with E-state index in [0.29, 0.717) is 13.0 Å².